The van der Waals surface area contributed by atoms with Gasteiger partial charge >= 0.3 is 0 Å². The van der Waals surface area contributed by atoms with Crippen molar-refractivity contribution >= 4 is 0 Å². The second-order valence-corrected chi connectivity index (χ2v) is 6.50. The number of aryl methyl sites for hydroxylation is 1. The molecule has 0 bridgehead atoms. The molecule has 0 fully saturated rings. The largest absolute Gasteiger partial charge is 0.488 e. The third kappa shape index (κ3) is 3.68. The van der Waals surface area contributed by atoms with Crippen LogP contribution in [0.2, 0.25) is 0 Å². The Balaban J connectivity index is 1.99. The van der Waals surface area contributed by atoms with Crippen molar-refractivity contribution in [3.05, 3.63) is 89.5 Å². The highest BCUT2D eigenvalue weighted by Gasteiger charge is 2.13. The van der Waals surface area contributed by atoms with Gasteiger partial charge in [-0.15, -0.1) is 0 Å². The minimum atomic E-state index is 0.496. The van der Waals surface area contributed by atoms with Gasteiger partial charge in [-0.25, -0.2) is 0 Å². The van der Waals surface area contributed by atoms with Crippen LogP contribution in [0.15, 0.2) is 72.8 Å². The Hall–Kier alpha value is -2.54. The molecule has 0 saturated carbocycles. The van der Waals surface area contributed by atoms with E-state index in [1.165, 1.54) is 27.8 Å². The fourth-order valence-corrected chi connectivity index (χ4v) is 3.02. The molecule has 0 aliphatic heterocycles. The Labute approximate surface area is 144 Å². The maximum atomic E-state index is 6.19. The van der Waals surface area contributed by atoms with E-state index in [1.807, 2.05) is 24.3 Å². The Morgan fingerprint density at radius 2 is 1.46 bits per heavy atom. The Kier molecular flexibility index (Phi) is 5.00. The molecular formula is C23H24O. The fourth-order valence-electron chi connectivity index (χ4n) is 3.02. The molecule has 0 unspecified atom stereocenters. The molecule has 3 aromatic carbocycles. The molecule has 0 aliphatic carbocycles. The minimum absolute atomic E-state index is 0.496. The topological polar surface area (TPSA) is 9.23 Å². The predicted molar refractivity (Wildman–Crippen MR) is 101 cm³/mol. The minimum Gasteiger partial charge on any atom is -0.488 e. The number of hydrogen-bond donors (Lipinski definition) is 0. The summed E-state index contributed by atoms with van der Waals surface area (Å²) < 4.78 is 6.19. The molecule has 3 rings (SSSR count). The highest BCUT2D eigenvalue weighted by molar-refractivity contribution is 5.72. The van der Waals surface area contributed by atoms with Crippen LogP contribution in [-0.2, 0) is 6.61 Å². The Bertz CT molecular complexity index is 789. The van der Waals surface area contributed by atoms with E-state index in [2.05, 4.69) is 69.3 Å². The van der Waals surface area contributed by atoms with Crippen molar-refractivity contribution < 1.29 is 4.74 Å². The summed E-state index contributed by atoms with van der Waals surface area (Å²) in [6.07, 6.45) is 0. The van der Waals surface area contributed by atoms with Crippen LogP contribution in [0.25, 0.3) is 11.1 Å². The third-order valence-electron chi connectivity index (χ3n) is 4.31. The van der Waals surface area contributed by atoms with E-state index in [4.69, 9.17) is 4.74 Å². The van der Waals surface area contributed by atoms with Crippen LogP contribution in [0.5, 0.6) is 5.75 Å². The molecule has 0 amide bonds. The molecule has 1 nitrogen and oxygen atoms in total. The van der Waals surface area contributed by atoms with Gasteiger partial charge in [-0.3, -0.25) is 0 Å². The van der Waals surface area contributed by atoms with Crippen LogP contribution < -0.4 is 4.74 Å². The zero-order valence-corrected chi connectivity index (χ0v) is 14.6. The average Bonchev–Trinajstić information content (AvgIpc) is 2.61. The Morgan fingerprint density at radius 3 is 2.08 bits per heavy atom. The standard InChI is InChI=1S/C23H24O/c1-17(2)21-15-22(20-12-8-5-9-13-20)23(14-18(21)3)24-16-19-10-6-4-7-11-19/h4-15,17H,16H2,1-3H3. The summed E-state index contributed by atoms with van der Waals surface area (Å²) in [6, 6.07) is 25.3. The molecule has 24 heavy (non-hydrogen) atoms. The lowest BCUT2D eigenvalue weighted by molar-refractivity contribution is 0.307. The predicted octanol–water partition coefficient (Wildman–Crippen LogP) is 6.36. The van der Waals surface area contributed by atoms with Crippen LogP contribution in [0.1, 0.15) is 36.5 Å². The number of rotatable bonds is 5. The monoisotopic (exact) mass is 316 g/mol. The number of hydrogen-bond acceptors (Lipinski definition) is 1. The first-order valence-corrected chi connectivity index (χ1v) is 8.52. The Morgan fingerprint density at radius 1 is 0.833 bits per heavy atom. The van der Waals surface area contributed by atoms with Gasteiger partial charge in [0.05, 0.1) is 0 Å². The van der Waals surface area contributed by atoms with Crippen LogP contribution in [0.3, 0.4) is 0 Å². The molecule has 0 N–H and O–H groups in total. The second-order valence-electron chi connectivity index (χ2n) is 6.50. The fraction of sp³-hybridized carbons (Fsp3) is 0.217. The van der Waals surface area contributed by atoms with Crippen LogP contribution in [0, 0.1) is 6.92 Å². The van der Waals surface area contributed by atoms with Crippen molar-refractivity contribution in [2.24, 2.45) is 0 Å². The molecule has 0 atom stereocenters. The smallest absolute Gasteiger partial charge is 0.127 e. The summed E-state index contributed by atoms with van der Waals surface area (Å²) in [6.45, 7) is 7.23. The van der Waals surface area contributed by atoms with Crippen molar-refractivity contribution in [3.8, 4) is 16.9 Å². The molecule has 1 heteroatoms. The van der Waals surface area contributed by atoms with Crippen molar-refractivity contribution in [2.75, 3.05) is 0 Å². The number of benzene rings is 3. The lowest BCUT2D eigenvalue weighted by Crippen LogP contribution is -2.00. The van der Waals surface area contributed by atoms with Crippen molar-refractivity contribution in [1.29, 1.82) is 0 Å². The van der Waals surface area contributed by atoms with E-state index in [0.29, 0.717) is 12.5 Å². The van der Waals surface area contributed by atoms with E-state index in [0.717, 1.165) is 5.75 Å². The lowest BCUT2D eigenvalue weighted by Gasteiger charge is -2.18. The van der Waals surface area contributed by atoms with Crippen molar-refractivity contribution in [1.82, 2.24) is 0 Å². The second kappa shape index (κ2) is 7.35. The first-order chi connectivity index (χ1) is 11.6. The molecule has 0 aromatic heterocycles. The number of ether oxygens (including phenoxy) is 1. The van der Waals surface area contributed by atoms with Crippen molar-refractivity contribution in [2.45, 2.75) is 33.3 Å². The van der Waals surface area contributed by atoms with E-state index < -0.39 is 0 Å². The van der Waals surface area contributed by atoms with Gasteiger partial charge in [0.1, 0.15) is 12.4 Å². The van der Waals surface area contributed by atoms with E-state index in [1.54, 1.807) is 0 Å². The van der Waals surface area contributed by atoms with E-state index >= 15 is 0 Å². The first-order valence-electron chi connectivity index (χ1n) is 8.52. The van der Waals surface area contributed by atoms with Gasteiger partial charge in [0.2, 0.25) is 0 Å². The normalized spacial score (nSPS) is 10.8. The summed E-state index contributed by atoms with van der Waals surface area (Å²) in [5.74, 6) is 1.45. The van der Waals surface area contributed by atoms with E-state index in [9.17, 15) is 0 Å². The average molecular weight is 316 g/mol. The van der Waals surface area contributed by atoms with Gasteiger partial charge in [-0.05, 0) is 47.2 Å². The first kappa shape index (κ1) is 16.3. The van der Waals surface area contributed by atoms with Crippen LogP contribution >= 0.6 is 0 Å². The SMILES string of the molecule is Cc1cc(OCc2ccccc2)c(-c2ccccc2)cc1C(C)C. The van der Waals surface area contributed by atoms with Gasteiger partial charge in [0.25, 0.3) is 0 Å². The molecule has 0 spiro atoms. The van der Waals surface area contributed by atoms with Gasteiger partial charge in [0, 0.05) is 5.56 Å². The molecule has 0 heterocycles. The zero-order chi connectivity index (χ0) is 16.9. The molecule has 0 radical (unpaired) electrons. The summed E-state index contributed by atoms with van der Waals surface area (Å²) in [5, 5.41) is 0. The highest BCUT2D eigenvalue weighted by atomic mass is 16.5. The summed E-state index contributed by atoms with van der Waals surface area (Å²) in [7, 11) is 0. The summed E-state index contributed by atoms with van der Waals surface area (Å²) in [4.78, 5) is 0. The van der Waals surface area contributed by atoms with Crippen LogP contribution in [-0.4, -0.2) is 0 Å². The van der Waals surface area contributed by atoms with Gasteiger partial charge in [-0.1, -0.05) is 74.5 Å². The quantitative estimate of drug-likeness (QED) is 0.532. The maximum absolute atomic E-state index is 6.19. The molecule has 0 aliphatic rings. The zero-order valence-electron chi connectivity index (χ0n) is 14.6. The maximum Gasteiger partial charge on any atom is 0.127 e. The van der Waals surface area contributed by atoms with Crippen LogP contribution in [0.4, 0.5) is 0 Å². The highest BCUT2D eigenvalue weighted by Crippen LogP contribution is 2.35. The van der Waals surface area contributed by atoms with E-state index in [-0.39, 0.29) is 0 Å². The lowest BCUT2D eigenvalue weighted by atomic mass is 9.92. The van der Waals surface area contributed by atoms with Gasteiger partial charge in [0.15, 0.2) is 0 Å². The molecule has 3 aromatic rings. The molecule has 122 valence electrons. The molecular weight excluding hydrogens is 292 g/mol. The molecule has 0 saturated heterocycles. The summed E-state index contributed by atoms with van der Waals surface area (Å²) >= 11 is 0. The van der Waals surface area contributed by atoms with Gasteiger partial charge in [-0.2, -0.15) is 0 Å². The summed E-state index contributed by atoms with van der Waals surface area (Å²) in [5.41, 5.74) is 6.21. The van der Waals surface area contributed by atoms with Crippen molar-refractivity contribution in [3.63, 3.8) is 0 Å². The third-order valence-corrected chi connectivity index (χ3v) is 4.31. The van der Waals surface area contributed by atoms with Gasteiger partial charge < -0.3 is 4.74 Å².